The second kappa shape index (κ2) is 9.23. The van der Waals surface area contributed by atoms with E-state index in [-0.39, 0.29) is 17.9 Å². The van der Waals surface area contributed by atoms with Crippen molar-refractivity contribution in [3.8, 4) is 5.75 Å². The van der Waals surface area contributed by atoms with Crippen molar-refractivity contribution in [2.24, 2.45) is 0 Å². The van der Waals surface area contributed by atoms with E-state index in [0.717, 1.165) is 5.56 Å². The third-order valence-corrected chi connectivity index (χ3v) is 4.22. The van der Waals surface area contributed by atoms with Crippen LogP contribution >= 0.6 is 0 Å². The van der Waals surface area contributed by atoms with Crippen molar-refractivity contribution < 1.29 is 24.2 Å². The largest absolute Gasteiger partial charge is 0.481 e. The molecular formula is C22H26N2O5. The lowest BCUT2D eigenvalue weighted by atomic mass is 10.0. The van der Waals surface area contributed by atoms with Crippen LogP contribution in [0.25, 0.3) is 0 Å². The van der Waals surface area contributed by atoms with Gasteiger partial charge in [-0.05, 0) is 75.6 Å². The number of ether oxygens (including phenoxy) is 1. The van der Waals surface area contributed by atoms with Gasteiger partial charge < -0.3 is 20.5 Å². The molecule has 29 heavy (non-hydrogen) atoms. The van der Waals surface area contributed by atoms with Crippen LogP contribution < -0.4 is 15.4 Å². The second-order valence-corrected chi connectivity index (χ2v) is 7.23. The lowest BCUT2D eigenvalue weighted by Crippen LogP contribution is -2.30. The Morgan fingerprint density at radius 3 is 2.14 bits per heavy atom. The molecule has 2 amide bonds. The van der Waals surface area contributed by atoms with Crippen LogP contribution in [-0.4, -0.2) is 35.5 Å². The van der Waals surface area contributed by atoms with Gasteiger partial charge >= 0.3 is 5.97 Å². The third-order valence-electron chi connectivity index (χ3n) is 4.22. The first-order valence-electron chi connectivity index (χ1n) is 9.27. The van der Waals surface area contributed by atoms with E-state index in [1.807, 2.05) is 20.8 Å². The molecule has 0 saturated carbocycles. The maximum atomic E-state index is 12.7. The van der Waals surface area contributed by atoms with Gasteiger partial charge in [0, 0.05) is 22.9 Å². The smallest absolute Gasteiger partial charge is 0.341 e. The fourth-order valence-electron chi connectivity index (χ4n) is 2.93. The van der Waals surface area contributed by atoms with Crippen LogP contribution in [0.4, 0.5) is 5.69 Å². The summed E-state index contributed by atoms with van der Waals surface area (Å²) in [7, 11) is 0. The summed E-state index contributed by atoms with van der Waals surface area (Å²) in [4.78, 5) is 35.7. The Labute approximate surface area is 170 Å². The summed E-state index contributed by atoms with van der Waals surface area (Å²) in [5, 5.41) is 14.4. The van der Waals surface area contributed by atoms with E-state index in [9.17, 15) is 14.4 Å². The zero-order valence-electron chi connectivity index (χ0n) is 17.3. The van der Waals surface area contributed by atoms with Gasteiger partial charge in [0.2, 0.25) is 0 Å². The molecule has 0 bridgehead atoms. The molecule has 0 saturated heterocycles. The lowest BCUT2D eigenvalue weighted by molar-refractivity contribution is -0.139. The highest BCUT2D eigenvalue weighted by Crippen LogP contribution is 2.25. The van der Waals surface area contributed by atoms with E-state index < -0.39 is 12.6 Å². The minimum absolute atomic E-state index is 0.00737. The summed E-state index contributed by atoms with van der Waals surface area (Å²) in [5.74, 6) is -1.14. The molecule has 0 heterocycles. The number of anilines is 1. The number of aryl methyl sites for hydroxylation is 3. The molecule has 0 spiro atoms. The monoisotopic (exact) mass is 398 g/mol. The molecular weight excluding hydrogens is 372 g/mol. The number of benzene rings is 2. The number of rotatable bonds is 7. The van der Waals surface area contributed by atoms with Crippen molar-refractivity contribution >= 4 is 23.5 Å². The zero-order chi connectivity index (χ0) is 21.7. The number of carboxylic acid groups (broad SMARTS) is 1. The fourth-order valence-corrected chi connectivity index (χ4v) is 2.93. The quantitative estimate of drug-likeness (QED) is 0.662. The number of carboxylic acids is 1. The molecule has 0 radical (unpaired) electrons. The number of aliphatic carboxylic acids is 1. The molecule has 154 valence electrons. The molecule has 2 aromatic rings. The maximum Gasteiger partial charge on any atom is 0.341 e. The van der Waals surface area contributed by atoms with Gasteiger partial charge in [0.1, 0.15) is 5.75 Å². The highest BCUT2D eigenvalue weighted by Gasteiger charge is 2.15. The number of carbonyl (C=O) groups is 3. The Hall–Kier alpha value is -3.35. The van der Waals surface area contributed by atoms with Gasteiger partial charge in [0.15, 0.2) is 6.61 Å². The highest BCUT2D eigenvalue weighted by molar-refractivity contribution is 6.05. The van der Waals surface area contributed by atoms with Crippen molar-refractivity contribution in [1.29, 1.82) is 0 Å². The van der Waals surface area contributed by atoms with Gasteiger partial charge in [-0.25, -0.2) is 4.79 Å². The van der Waals surface area contributed by atoms with E-state index in [2.05, 4.69) is 10.6 Å². The summed E-state index contributed by atoms with van der Waals surface area (Å²) in [5.41, 5.74) is 3.57. The summed E-state index contributed by atoms with van der Waals surface area (Å²) in [6.07, 6.45) is 0. The van der Waals surface area contributed by atoms with Crippen molar-refractivity contribution in [2.45, 2.75) is 40.7 Å². The second-order valence-electron chi connectivity index (χ2n) is 7.23. The van der Waals surface area contributed by atoms with Gasteiger partial charge in [0.25, 0.3) is 11.8 Å². The average molecular weight is 398 g/mol. The van der Waals surface area contributed by atoms with E-state index in [4.69, 9.17) is 9.84 Å². The number of hydrogen-bond acceptors (Lipinski definition) is 4. The molecule has 0 atom stereocenters. The molecule has 2 aromatic carbocycles. The summed E-state index contributed by atoms with van der Waals surface area (Å²) in [6, 6.07) is 8.45. The first kappa shape index (κ1) is 21.9. The summed E-state index contributed by atoms with van der Waals surface area (Å²) in [6.45, 7) is 8.66. The molecule has 0 fully saturated rings. The number of hydrogen-bond donors (Lipinski definition) is 3. The van der Waals surface area contributed by atoms with Gasteiger partial charge in [-0.15, -0.1) is 0 Å². The highest BCUT2D eigenvalue weighted by atomic mass is 16.5. The van der Waals surface area contributed by atoms with Crippen molar-refractivity contribution in [3.05, 3.63) is 58.1 Å². The van der Waals surface area contributed by atoms with Crippen LogP contribution in [0.1, 0.15) is 51.3 Å². The molecule has 2 rings (SSSR count). The van der Waals surface area contributed by atoms with Gasteiger partial charge in [0.05, 0.1) is 0 Å². The normalized spacial score (nSPS) is 10.6. The topological polar surface area (TPSA) is 105 Å². The Morgan fingerprint density at radius 1 is 0.966 bits per heavy atom. The van der Waals surface area contributed by atoms with Crippen LogP contribution in [0.3, 0.4) is 0 Å². The molecule has 7 nitrogen and oxygen atoms in total. The number of nitrogens with one attached hydrogen (secondary N) is 2. The van der Waals surface area contributed by atoms with Crippen molar-refractivity contribution in [2.75, 3.05) is 11.9 Å². The summed E-state index contributed by atoms with van der Waals surface area (Å²) >= 11 is 0. The molecule has 0 aliphatic heterocycles. The van der Waals surface area contributed by atoms with Crippen molar-refractivity contribution in [3.63, 3.8) is 0 Å². The van der Waals surface area contributed by atoms with E-state index in [0.29, 0.717) is 33.7 Å². The van der Waals surface area contributed by atoms with Crippen LogP contribution in [0.5, 0.6) is 5.75 Å². The van der Waals surface area contributed by atoms with Gasteiger partial charge in [-0.3, -0.25) is 9.59 Å². The van der Waals surface area contributed by atoms with Crippen LogP contribution in [0, 0.1) is 20.8 Å². The fraction of sp³-hybridized carbons (Fsp3) is 0.318. The Morgan fingerprint density at radius 2 is 1.59 bits per heavy atom. The van der Waals surface area contributed by atoms with Crippen LogP contribution in [0.2, 0.25) is 0 Å². The zero-order valence-corrected chi connectivity index (χ0v) is 17.3. The lowest BCUT2D eigenvalue weighted by Gasteiger charge is -2.14. The first-order chi connectivity index (χ1) is 13.6. The molecule has 7 heteroatoms. The predicted molar refractivity (Wildman–Crippen MR) is 111 cm³/mol. The number of carbonyl (C=O) groups excluding carboxylic acids is 2. The Bertz CT molecular complexity index is 927. The minimum Gasteiger partial charge on any atom is -0.481 e. The van der Waals surface area contributed by atoms with E-state index >= 15 is 0 Å². The van der Waals surface area contributed by atoms with Crippen molar-refractivity contribution in [1.82, 2.24) is 5.32 Å². The number of amides is 2. The summed E-state index contributed by atoms with van der Waals surface area (Å²) < 4.78 is 5.29. The van der Waals surface area contributed by atoms with Gasteiger partial charge in [-0.1, -0.05) is 6.07 Å². The van der Waals surface area contributed by atoms with E-state index in [1.54, 1.807) is 44.2 Å². The minimum atomic E-state index is -1.07. The molecule has 0 aliphatic rings. The molecule has 0 unspecified atom stereocenters. The standard InChI is InChI=1S/C22H26N2O5/c1-12(2)23-22(28)18-10-17(7-6-13(18)3)24-21(27)16-8-14(4)20(15(5)9-16)29-11-19(25)26/h6-10,12H,11H2,1-5H3,(H,23,28)(H,24,27)(H,25,26). The average Bonchev–Trinajstić information content (AvgIpc) is 2.61. The van der Waals surface area contributed by atoms with E-state index in [1.165, 1.54) is 0 Å². The van der Waals surface area contributed by atoms with Crippen LogP contribution in [-0.2, 0) is 4.79 Å². The third kappa shape index (κ3) is 5.81. The Balaban J connectivity index is 2.22. The molecule has 0 aliphatic carbocycles. The SMILES string of the molecule is Cc1ccc(NC(=O)c2cc(C)c(OCC(=O)O)c(C)c2)cc1C(=O)NC(C)C. The maximum absolute atomic E-state index is 12.7. The predicted octanol–water partition coefficient (Wildman–Crippen LogP) is 3.47. The Kier molecular flexibility index (Phi) is 6.98. The molecule has 0 aromatic heterocycles. The first-order valence-corrected chi connectivity index (χ1v) is 9.27. The van der Waals surface area contributed by atoms with Crippen LogP contribution in [0.15, 0.2) is 30.3 Å². The van der Waals surface area contributed by atoms with Gasteiger partial charge in [-0.2, -0.15) is 0 Å². The molecule has 3 N–H and O–H groups in total.